The van der Waals surface area contributed by atoms with Gasteiger partial charge in [0.15, 0.2) is 0 Å². The molecule has 5 rings (SSSR count). The van der Waals surface area contributed by atoms with Gasteiger partial charge in [0.2, 0.25) is 11.8 Å². The van der Waals surface area contributed by atoms with Crippen molar-refractivity contribution in [1.29, 1.82) is 0 Å². The van der Waals surface area contributed by atoms with E-state index in [2.05, 4.69) is 30.4 Å². The van der Waals surface area contributed by atoms with Crippen molar-refractivity contribution in [3.8, 4) is 11.1 Å². The van der Waals surface area contributed by atoms with E-state index >= 15 is 0 Å². The first-order valence-electron chi connectivity index (χ1n) is 9.92. The van der Waals surface area contributed by atoms with Gasteiger partial charge in [-0.15, -0.1) is 0 Å². The predicted octanol–water partition coefficient (Wildman–Crippen LogP) is 2.91. The fourth-order valence-electron chi connectivity index (χ4n) is 4.89. The number of rotatable bonds is 2. The summed E-state index contributed by atoms with van der Waals surface area (Å²) in [5.41, 5.74) is 8.04. The van der Waals surface area contributed by atoms with Gasteiger partial charge in [-0.3, -0.25) is 19.7 Å². The Kier molecular flexibility index (Phi) is 3.86. The lowest BCUT2D eigenvalue weighted by atomic mass is 9.92. The van der Waals surface area contributed by atoms with E-state index in [0.29, 0.717) is 18.5 Å². The maximum atomic E-state index is 13.0. The fraction of sp³-hybridized carbons (Fsp3) is 0.348. The van der Waals surface area contributed by atoms with Crippen LogP contribution >= 0.6 is 0 Å². The number of carbonyl (C=O) groups is 3. The average Bonchev–Trinajstić information content (AvgIpc) is 3.28. The molecule has 0 aromatic heterocycles. The lowest BCUT2D eigenvalue weighted by Gasteiger charge is -2.29. The number of amides is 3. The number of piperidine rings is 1. The van der Waals surface area contributed by atoms with Crippen molar-refractivity contribution in [3.05, 3.63) is 58.1 Å². The Balaban J connectivity index is 1.47. The van der Waals surface area contributed by atoms with Crippen LogP contribution in [0.5, 0.6) is 0 Å². The summed E-state index contributed by atoms with van der Waals surface area (Å²) in [5.74, 6) is -0.753. The highest BCUT2D eigenvalue weighted by molar-refractivity contribution is 6.05. The second kappa shape index (κ2) is 6.30. The molecule has 1 atom stereocenters. The molecule has 5 heteroatoms. The number of nitrogens with one attached hydrogen (secondary N) is 1. The van der Waals surface area contributed by atoms with Crippen molar-refractivity contribution >= 4 is 17.7 Å². The summed E-state index contributed by atoms with van der Waals surface area (Å²) < 4.78 is 0. The molecular formula is C23H22N2O3. The molecule has 1 N–H and O–H groups in total. The number of hydrogen-bond acceptors (Lipinski definition) is 3. The SMILES string of the molecule is Cc1c(-c2ccc3c(c2)C(=O)N(C2CCC(=O)NC2=O)C3)ccc2c1CCC2. The van der Waals surface area contributed by atoms with Crippen LogP contribution in [-0.4, -0.2) is 28.7 Å². The fourth-order valence-corrected chi connectivity index (χ4v) is 4.89. The highest BCUT2D eigenvalue weighted by Crippen LogP contribution is 2.35. The number of hydrogen-bond donors (Lipinski definition) is 1. The minimum Gasteiger partial charge on any atom is -0.322 e. The van der Waals surface area contributed by atoms with Crippen LogP contribution in [0.2, 0.25) is 0 Å². The third-order valence-electron chi connectivity index (χ3n) is 6.41. The molecule has 0 bridgehead atoms. The van der Waals surface area contributed by atoms with E-state index in [1.165, 1.54) is 28.7 Å². The van der Waals surface area contributed by atoms with Gasteiger partial charge in [-0.1, -0.05) is 24.3 Å². The number of carbonyl (C=O) groups excluding carboxylic acids is 3. The van der Waals surface area contributed by atoms with E-state index in [1.54, 1.807) is 4.90 Å². The molecule has 0 radical (unpaired) electrons. The molecule has 142 valence electrons. The van der Waals surface area contributed by atoms with Crippen LogP contribution in [0.25, 0.3) is 11.1 Å². The zero-order valence-electron chi connectivity index (χ0n) is 15.9. The number of nitrogens with zero attached hydrogens (tertiary/aromatic N) is 1. The number of benzene rings is 2. The molecule has 2 heterocycles. The Morgan fingerprint density at radius 2 is 1.79 bits per heavy atom. The number of fused-ring (bicyclic) bond motifs is 2. The van der Waals surface area contributed by atoms with Crippen LogP contribution in [0.15, 0.2) is 30.3 Å². The van der Waals surface area contributed by atoms with Gasteiger partial charge in [0.1, 0.15) is 6.04 Å². The van der Waals surface area contributed by atoms with Crippen LogP contribution in [0, 0.1) is 6.92 Å². The molecule has 1 unspecified atom stereocenters. The van der Waals surface area contributed by atoms with Gasteiger partial charge in [-0.2, -0.15) is 0 Å². The molecule has 0 spiro atoms. The molecule has 1 aliphatic carbocycles. The van der Waals surface area contributed by atoms with Gasteiger partial charge in [0.05, 0.1) is 0 Å². The zero-order chi connectivity index (χ0) is 19.4. The van der Waals surface area contributed by atoms with Crippen molar-refractivity contribution < 1.29 is 14.4 Å². The monoisotopic (exact) mass is 374 g/mol. The summed E-state index contributed by atoms with van der Waals surface area (Å²) in [6, 6.07) is 9.86. The molecule has 2 aliphatic heterocycles. The number of imide groups is 1. The molecule has 2 aromatic rings. The van der Waals surface area contributed by atoms with E-state index in [-0.39, 0.29) is 24.1 Å². The molecule has 5 nitrogen and oxygen atoms in total. The van der Waals surface area contributed by atoms with E-state index in [9.17, 15) is 14.4 Å². The summed E-state index contributed by atoms with van der Waals surface area (Å²) in [6.07, 6.45) is 4.16. The summed E-state index contributed by atoms with van der Waals surface area (Å²) in [6.45, 7) is 2.59. The Hall–Kier alpha value is -2.95. The van der Waals surface area contributed by atoms with Gasteiger partial charge in [0.25, 0.3) is 5.91 Å². The first kappa shape index (κ1) is 17.2. The highest BCUT2D eigenvalue weighted by Gasteiger charge is 2.39. The van der Waals surface area contributed by atoms with E-state index in [4.69, 9.17) is 0 Å². The minimum absolute atomic E-state index is 0.120. The minimum atomic E-state index is -0.567. The van der Waals surface area contributed by atoms with Crippen LogP contribution in [0.4, 0.5) is 0 Å². The molecule has 1 fully saturated rings. The third-order valence-corrected chi connectivity index (χ3v) is 6.41. The van der Waals surface area contributed by atoms with Crippen LogP contribution in [0.3, 0.4) is 0 Å². The maximum Gasteiger partial charge on any atom is 0.255 e. The molecule has 0 saturated carbocycles. The zero-order valence-corrected chi connectivity index (χ0v) is 15.9. The Labute approximate surface area is 163 Å². The summed E-state index contributed by atoms with van der Waals surface area (Å²) in [7, 11) is 0. The van der Waals surface area contributed by atoms with Gasteiger partial charge in [0, 0.05) is 18.5 Å². The molecular weight excluding hydrogens is 352 g/mol. The molecule has 3 amide bonds. The van der Waals surface area contributed by atoms with E-state index in [1.807, 2.05) is 12.1 Å². The highest BCUT2D eigenvalue weighted by atomic mass is 16.2. The largest absolute Gasteiger partial charge is 0.322 e. The van der Waals surface area contributed by atoms with Crippen LogP contribution in [0.1, 0.15) is 51.9 Å². The summed E-state index contributed by atoms with van der Waals surface area (Å²) >= 11 is 0. The quantitative estimate of drug-likeness (QED) is 0.822. The van der Waals surface area contributed by atoms with Crippen LogP contribution < -0.4 is 5.32 Å². The van der Waals surface area contributed by atoms with Crippen molar-refractivity contribution in [2.45, 2.75) is 51.6 Å². The van der Waals surface area contributed by atoms with Crippen molar-refractivity contribution in [2.75, 3.05) is 0 Å². The topological polar surface area (TPSA) is 66.5 Å². The summed E-state index contributed by atoms with van der Waals surface area (Å²) in [5, 5.41) is 2.35. The molecule has 2 aromatic carbocycles. The van der Waals surface area contributed by atoms with Gasteiger partial charge < -0.3 is 4.90 Å². The lowest BCUT2D eigenvalue weighted by Crippen LogP contribution is -2.52. The Morgan fingerprint density at radius 1 is 0.964 bits per heavy atom. The normalized spacial score (nSPS) is 21.0. The van der Waals surface area contributed by atoms with Gasteiger partial charge >= 0.3 is 0 Å². The smallest absolute Gasteiger partial charge is 0.255 e. The Morgan fingerprint density at radius 3 is 2.61 bits per heavy atom. The second-order valence-corrected chi connectivity index (χ2v) is 8.00. The lowest BCUT2D eigenvalue weighted by molar-refractivity contribution is -0.136. The third kappa shape index (κ3) is 2.57. The first-order valence-corrected chi connectivity index (χ1v) is 9.92. The first-order chi connectivity index (χ1) is 13.5. The molecule has 28 heavy (non-hydrogen) atoms. The van der Waals surface area contributed by atoms with Crippen LogP contribution in [-0.2, 0) is 29.0 Å². The molecule has 3 aliphatic rings. The standard InChI is InChI=1S/C23H22N2O3/c1-13-17-4-2-3-14(17)7-8-18(13)15-5-6-16-12-25(23(28)19(16)11-15)20-9-10-21(26)24-22(20)27/h5-8,11,20H,2-4,9-10,12H2,1H3,(H,24,26,27). The van der Waals surface area contributed by atoms with Gasteiger partial charge in [-0.05, 0) is 72.1 Å². The van der Waals surface area contributed by atoms with Crippen molar-refractivity contribution in [3.63, 3.8) is 0 Å². The average molecular weight is 374 g/mol. The number of aryl methyl sites for hydroxylation is 1. The predicted molar refractivity (Wildman–Crippen MR) is 105 cm³/mol. The maximum absolute atomic E-state index is 13.0. The Bertz CT molecular complexity index is 1040. The van der Waals surface area contributed by atoms with E-state index in [0.717, 1.165) is 24.0 Å². The van der Waals surface area contributed by atoms with Gasteiger partial charge in [-0.25, -0.2) is 0 Å². The van der Waals surface area contributed by atoms with Crippen molar-refractivity contribution in [2.24, 2.45) is 0 Å². The van der Waals surface area contributed by atoms with Crippen molar-refractivity contribution in [1.82, 2.24) is 10.2 Å². The van der Waals surface area contributed by atoms with E-state index < -0.39 is 6.04 Å². The molecule has 1 saturated heterocycles. The summed E-state index contributed by atoms with van der Waals surface area (Å²) in [4.78, 5) is 38.3. The second-order valence-electron chi connectivity index (χ2n) is 8.00.